The second-order valence-electron chi connectivity index (χ2n) is 9.26. The maximum Gasteiger partial charge on any atom is 0.0485 e. The van der Waals surface area contributed by atoms with Gasteiger partial charge in [0.15, 0.2) is 0 Å². The molecule has 0 amide bonds. The lowest BCUT2D eigenvalue weighted by atomic mass is 9.87. The second kappa shape index (κ2) is 10.4. The van der Waals surface area contributed by atoms with Gasteiger partial charge in [-0.1, -0.05) is 67.3 Å². The van der Waals surface area contributed by atoms with E-state index in [4.69, 9.17) is 11.5 Å². The van der Waals surface area contributed by atoms with E-state index in [2.05, 4.69) is 71.5 Å². The van der Waals surface area contributed by atoms with Crippen molar-refractivity contribution in [1.82, 2.24) is 9.88 Å². The molecule has 2 atom stereocenters. The molecule has 1 fully saturated rings. The summed E-state index contributed by atoms with van der Waals surface area (Å²) in [5.41, 5.74) is 17.2. The Morgan fingerprint density at radius 3 is 2.65 bits per heavy atom. The smallest absolute Gasteiger partial charge is 0.0485 e. The van der Waals surface area contributed by atoms with Crippen LogP contribution in [-0.2, 0) is 0 Å². The van der Waals surface area contributed by atoms with E-state index in [1.54, 1.807) is 0 Å². The summed E-state index contributed by atoms with van der Waals surface area (Å²) in [4.78, 5) is 0. The van der Waals surface area contributed by atoms with Crippen molar-refractivity contribution in [2.75, 3.05) is 19.6 Å². The lowest BCUT2D eigenvalue weighted by Gasteiger charge is -2.24. The molecule has 2 unspecified atom stereocenters. The lowest BCUT2D eigenvalue weighted by Crippen LogP contribution is -2.40. The van der Waals surface area contributed by atoms with Gasteiger partial charge in [-0.3, -0.25) is 0 Å². The van der Waals surface area contributed by atoms with Crippen molar-refractivity contribution in [2.24, 2.45) is 11.5 Å². The van der Waals surface area contributed by atoms with Gasteiger partial charge < -0.3 is 21.4 Å². The SMILES string of the molecule is Cc1cccc(C(CCNCC(N)CN)c2cn(C3CCCCC3)c3ccccc23)c1. The summed E-state index contributed by atoms with van der Waals surface area (Å²) in [7, 11) is 0. The molecule has 0 aliphatic heterocycles. The monoisotopic (exact) mass is 418 g/mol. The highest BCUT2D eigenvalue weighted by atomic mass is 15.0. The fraction of sp³-hybridized carbons (Fsp3) is 0.481. The van der Waals surface area contributed by atoms with Gasteiger partial charge in [0.1, 0.15) is 0 Å². The third kappa shape index (κ3) is 5.20. The van der Waals surface area contributed by atoms with Gasteiger partial charge in [-0.15, -0.1) is 0 Å². The Morgan fingerprint density at radius 2 is 1.87 bits per heavy atom. The summed E-state index contributed by atoms with van der Waals surface area (Å²) in [5.74, 6) is 0.358. The van der Waals surface area contributed by atoms with E-state index in [0.29, 0.717) is 18.5 Å². The van der Waals surface area contributed by atoms with Crippen LogP contribution in [0.25, 0.3) is 10.9 Å². The zero-order chi connectivity index (χ0) is 21.6. The van der Waals surface area contributed by atoms with Crippen molar-refractivity contribution in [3.63, 3.8) is 0 Å². The Kier molecular flexibility index (Phi) is 7.44. The molecule has 0 bridgehead atoms. The second-order valence-corrected chi connectivity index (χ2v) is 9.26. The summed E-state index contributed by atoms with van der Waals surface area (Å²) in [5, 5.41) is 4.93. The Balaban J connectivity index is 1.68. The summed E-state index contributed by atoms with van der Waals surface area (Å²) >= 11 is 0. The molecule has 0 spiro atoms. The number of nitrogens with one attached hydrogen (secondary N) is 1. The summed E-state index contributed by atoms with van der Waals surface area (Å²) < 4.78 is 2.59. The van der Waals surface area contributed by atoms with Crippen LogP contribution in [0.5, 0.6) is 0 Å². The van der Waals surface area contributed by atoms with Crippen LogP contribution in [0.3, 0.4) is 0 Å². The zero-order valence-electron chi connectivity index (χ0n) is 18.9. The number of nitrogens with two attached hydrogens (primary N) is 2. The van der Waals surface area contributed by atoms with Gasteiger partial charge in [0.2, 0.25) is 0 Å². The molecule has 0 saturated heterocycles. The zero-order valence-corrected chi connectivity index (χ0v) is 18.9. The highest BCUT2D eigenvalue weighted by Crippen LogP contribution is 2.38. The van der Waals surface area contributed by atoms with Gasteiger partial charge in [0, 0.05) is 48.2 Å². The quantitative estimate of drug-likeness (QED) is 0.435. The Bertz CT molecular complexity index is 970. The van der Waals surface area contributed by atoms with E-state index >= 15 is 0 Å². The highest BCUT2D eigenvalue weighted by molar-refractivity contribution is 5.85. The van der Waals surface area contributed by atoms with Crippen LogP contribution in [-0.4, -0.2) is 30.2 Å². The van der Waals surface area contributed by atoms with E-state index in [1.807, 2.05) is 0 Å². The normalized spacial score (nSPS) is 17.1. The molecule has 2 aromatic carbocycles. The maximum absolute atomic E-state index is 6.00. The summed E-state index contributed by atoms with van der Waals surface area (Å²) in [6, 6.07) is 18.6. The van der Waals surface area contributed by atoms with Crippen LogP contribution >= 0.6 is 0 Å². The Hall–Kier alpha value is -2.14. The molecular weight excluding hydrogens is 380 g/mol. The molecule has 5 N–H and O–H groups in total. The molecule has 1 saturated carbocycles. The topological polar surface area (TPSA) is 69.0 Å². The number of aromatic nitrogens is 1. The molecule has 1 aliphatic carbocycles. The van der Waals surface area contributed by atoms with Crippen LogP contribution in [0.15, 0.2) is 54.7 Å². The van der Waals surface area contributed by atoms with E-state index in [1.165, 1.54) is 59.7 Å². The number of rotatable bonds is 9. The van der Waals surface area contributed by atoms with Gasteiger partial charge in [-0.05, 0) is 49.9 Å². The Labute approximate surface area is 187 Å². The minimum Gasteiger partial charge on any atom is -0.344 e. The summed E-state index contributed by atoms with van der Waals surface area (Å²) in [6.45, 7) is 4.39. The number of para-hydroxylation sites is 1. The van der Waals surface area contributed by atoms with Crippen LogP contribution in [0.4, 0.5) is 0 Å². The van der Waals surface area contributed by atoms with Crippen LogP contribution in [0.1, 0.15) is 67.2 Å². The standard InChI is InChI=1S/C27H38N4/c1-20-8-7-9-21(16-20)24(14-15-30-18-22(29)17-28)26-19-31(23-10-3-2-4-11-23)27-13-6-5-12-25(26)27/h5-9,12-13,16,19,22-24,30H,2-4,10-11,14-15,17-18,28-29H2,1H3. The minimum absolute atomic E-state index is 0.0191. The van der Waals surface area contributed by atoms with E-state index < -0.39 is 0 Å². The molecule has 4 nitrogen and oxygen atoms in total. The molecule has 1 aromatic heterocycles. The van der Waals surface area contributed by atoms with Gasteiger partial charge in [-0.25, -0.2) is 0 Å². The summed E-state index contributed by atoms with van der Waals surface area (Å²) in [6.07, 6.45) is 10.2. The number of fused-ring (bicyclic) bond motifs is 1. The molecule has 3 aromatic rings. The molecule has 31 heavy (non-hydrogen) atoms. The number of nitrogens with zero attached hydrogens (tertiary/aromatic N) is 1. The molecule has 4 heteroatoms. The molecule has 166 valence electrons. The first kappa shape index (κ1) is 22.1. The average Bonchev–Trinajstić information content (AvgIpc) is 3.19. The lowest BCUT2D eigenvalue weighted by molar-refractivity contribution is 0.360. The predicted molar refractivity (Wildman–Crippen MR) is 132 cm³/mol. The Morgan fingerprint density at radius 1 is 1.06 bits per heavy atom. The van der Waals surface area contributed by atoms with Crippen molar-refractivity contribution in [3.05, 3.63) is 71.4 Å². The van der Waals surface area contributed by atoms with Crippen molar-refractivity contribution in [2.45, 2.75) is 63.5 Å². The predicted octanol–water partition coefficient (Wildman–Crippen LogP) is 4.85. The first-order valence-corrected chi connectivity index (χ1v) is 12.0. The largest absolute Gasteiger partial charge is 0.344 e. The first-order chi connectivity index (χ1) is 15.2. The van der Waals surface area contributed by atoms with Gasteiger partial charge in [-0.2, -0.15) is 0 Å². The van der Waals surface area contributed by atoms with Crippen LogP contribution in [0.2, 0.25) is 0 Å². The molecule has 4 rings (SSSR count). The first-order valence-electron chi connectivity index (χ1n) is 12.0. The van der Waals surface area contributed by atoms with E-state index in [-0.39, 0.29) is 6.04 Å². The third-order valence-corrected chi connectivity index (χ3v) is 6.88. The van der Waals surface area contributed by atoms with Gasteiger partial charge in [0.25, 0.3) is 0 Å². The third-order valence-electron chi connectivity index (χ3n) is 6.88. The van der Waals surface area contributed by atoms with Gasteiger partial charge >= 0.3 is 0 Å². The number of aryl methyl sites for hydroxylation is 1. The fourth-order valence-electron chi connectivity index (χ4n) is 5.18. The van der Waals surface area contributed by atoms with Crippen molar-refractivity contribution < 1.29 is 0 Å². The van der Waals surface area contributed by atoms with Crippen molar-refractivity contribution in [3.8, 4) is 0 Å². The fourth-order valence-corrected chi connectivity index (χ4v) is 5.18. The van der Waals surface area contributed by atoms with E-state index in [9.17, 15) is 0 Å². The highest BCUT2D eigenvalue weighted by Gasteiger charge is 2.23. The van der Waals surface area contributed by atoms with Crippen molar-refractivity contribution >= 4 is 10.9 Å². The molecule has 1 heterocycles. The van der Waals surface area contributed by atoms with Gasteiger partial charge in [0.05, 0.1) is 0 Å². The maximum atomic E-state index is 6.00. The minimum atomic E-state index is 0.0191. The number of hydrogen-bond acceptors (Lipinski definition) is 3. The van der Waals surface area contributed by atoms with Crippen LogP contribution in [0, 0.1) is 6.92 Å². The van der Waals surface area contributed by atoms with Crippen molar-refractivity contribution in [1.29, 1.82) is 0 Å². The number of hydrogen-bond donors (Lipinski definition) is 3. The average molecular weight is 419 g/mol. The van der Waals surface area contributed by atoms with E-state index in [0.717, 1.165) is 19.5 Å². The molecule has 0 radical (unpaired) electrons. The number of benzene rings is 2. The van der Waals surface area contributed by atoms with Crippen LogP contribution < -0.4 is 16.8 Å². The molecular formula is C27H38N4. The molecule has 1 aliphatic rings.